The van der Waals surface area contributed by atoms with Crippen LogP contribution in [0.15, 0.2) is 42.5 Å². The van der Waals surface area contributed by atoms with Crippen molar-refractivity contribution in [2.45, 2.75) is 31.7 Å². The van der Waals surface area contributed by atoms with Crippen LogP contribution in [0.2, 0.25) is 0 Å². The molecule has 32 heavy (non-hydrogen) atoms. The summed E-state index contributed by atoms with van der Waals surface area (Å²) in [6, 6.07) is 11.6. The minimum atomic E-state index is -0.519. The Morgan fingerprint density at radius 1 is 0.938 bits per heavy atom. The van der Waals surface area contributed by atoms with Crippen LogP contribution in [-0.2, 0) is 4.79 Å². The predicted molar refractivity (Wildman–Crippen MR) is 116 cm³/mol. The van der Waals surface area contributed by atoms with Crippen molar-refractivity contribution in [2.75, 3.05) is 25.0 Å². The Labute approximate surface area is 185 Å². The van der Waals surface area contributed by atoms with Crippen molar-refractivity contribution in [3.05, 3.63) is 59.2 Å². The molecule has 0 spiro atoms. The van der Waals surface area contributed by atoms with Crippen LogP contribution >= 0.6 is 0 Å². The maximum absolute atomic E-state index is 13.2. The lowest BCUT2D eigenvalue weighted by Crippen LogP contribution is -2.45. The van der Waals surface area contributed by atoms with Crippen molar-refractivity contribution >= 4 is 29.3 Å². The molecule has 1 saturated heterocycles. The maximum atomic E-state index is 13.2. The summed E-state index contributed by atoms with van der Waals surface area (Å²) in [7, 11) is 0. The third-order valence-corrected chi connectivity index (χ3v) is 6.27. The number of ether oxygens (including phenoxy) is 1. The summed E-state index contributed by atoms with van der Waals surface area (Å²) in [5, 5.41) is 2.70. The number of fused-ring (bicyclic) bond motifs is 3. The van der Waals surface area contributed by atoms with Crippen molar-refractivity contribution in [1.29, 1.82) is 0 Å². The lowest BCUT2D eigenvalue weighted by atomic mass is 9.97. The number of amides is 4. The third-order valence-electron chi connectivity index (χ3n) is 6.27. The van der Waals surface area contributed by atoms with Gasteiger partial charge in [0.2, 0.25) is 5.91 Å². The number of hydrogen-bond acceptors (Lipinski definition) is 5. The summed E-state index contributed by atoms with van der Waals surface area (Å²) in [6.45, 7) is 0.855. The van der Waals surface area contributed by atoms with Crippen molar-refractivity contribution in [3.8, 4) is 5.75 Å². The molecular weight excluding hydrogens is 410 g/mol. The minimum Gasteiger partial charge on any atom is -0.493 e. The summed E-state index contributed by atoms with van der Waals surface area (Å²) in [5.41, 5.74) is 1.42. The summed E-state index contributed by atoms with van der Waals surface area (Å²) < 4.78 is 5.82. The molecule has 0 bridgehead atoms. The van der Waals surface area contributed by atoms with Gasteiger partial charge in [-0.15, -0.1) is 0 Å². The topological polar surface area (TPSA) is 96.0 Å². The van der Waals surface area contributed by atoms with E-state index in [9.17, 15) is 19.2 Å². The van der Waals surface area contributed by atoms with Gasteiger partial charge in [0.15, 0.2) is 0 Å². The zero-order chi connectivity index (χ0) is 22.2. The normalized spacial score (nSPS) is 20.0. The Bertz CT molecular complexity index is 1090. The van der Waals surface area contributed by atoms with Crippen LogP contribution in [0.4, 0.5) is 5.69 Å². The molecule has 0 radical (unpaired) electrons. The predicted octanol–water partition coefficient (Wildman–Crippen LogP) is 2.70. The number of nitrogens with zero attached hydrogens (tertiary/aromatic N) is 2. The fraction of sp³-hybridized carbons (Fsp3) is 0.333. The molecule has 8 heteroatoms. The van der Waals surface area contributed by atoms with Crippen molar-refractivity contribution < 1.29 is 23.9 Å². The Morgan fingerprint density at radius 2 is 1.69 bits per heavy atom. The molecule has 0 aliphatic carbocycles. The summed E-state index contributed by atoms with van der Waals surface area (Å²) in [4.78, 5) is 53.6. The molecule has 5 rings (SSSR count). The second-order valence-electron chi connectivity index (χ2n) is 8.29. The highest BCUT2D eigenvalue weighted by Crippen LogP contribution is 2.31. The van der Waals surface area contributed by atoms with E-state index in [1.165, 1.54) is 0 Å². The molecule has 3 aliphatic heterocycles. The van der Waals surface area contributed by atoms with Crippen LogP contribution < -0.4 is 10.1 Å². The molecule has 8 nitrogen and oxygen atoms in total. The van der Waals surface area contributed by atoms with E-state index in [0.717, 1.165) is 37.1 Å². The SMILES string of the molecule is O=C(CN1C(=O)c2ccccc2C1=O)Nc1ccc2c(c1)C(=O)N1CCCCC1CCO2. The first-order chi connectivity index (χ1) is 15.5. The van der Waals surface area contributed by atoms with Crippen LogP contribution in [0, 0.1) is 0 Å². The van der Waals surface area contributed by atoms with Gasteiger partial charge in [0, 0.05) is 24.7 Å². The number of carbonyl (C=O) groups is 4. The monoisotopic (exact) mass is 433 g/mol. The van der Waals surface area contributed by atoms with E-state index in [4.69, 9.17) is 4.74 Å². The molecule has 1 fully saturated rings. The molecule has 1 unspecified atom stereocenters. The first kappa shape index (κ1) is 20.2. The van der Waals surface area contributed by atoms with E-state index in [-0.39, 0.29) is 11.9 Å². The van der Waals surface area contributed by atoms with Gasteiger partial charge in [0.25, 0.3) is 17.7 Å². The van der Waals surface area contributed by atoms with Gasteiger partial charge < -0.3 is 15.0 Å². The van der Waals surface area contributed by atoms with Gasteiger partial charge in [-0.05, 0) is 49.6 Å². The quantitative estimate of drug-likeness (QED) is 0.751. The van der Waals surface area contributed by atoms with Gasteiger partial charge in [0.05, 0.1) is 23.3 Å². The highest BCUT2D eigenvalue weighted by atomic mass is 16.5. The number of carbonyl (C=O) groups excluding carboxylic acids is 4. The summed E-state index contributed by atoms with van der Waals surface area (Å²) in [6.07, 6.45) is 3.87. The van der Waals surface area contributed by atoms with Gasteiger partial charge in [-0.1, -0.05) is 12.1 Å². The fourth-order valence-electron chi connectivity index (χ4n) is 4.66. The van der Waals surface area contributed by atoms with Gasteiger partial charge in [-0.2, -0.15) is 0 Å². The first-order valence-corrected chi connectivity index (χ1v) is 10.9. The van der Waals surface area contributed by atoms with E-state index in [2.05, 4.69) is 5.32 Å². The molecule has 1 N–H and O–H groups in total. The highest BCUT2D eigenvalue weighted by molar-refractivity contribution is 6.22. The van der Waals surface area contributed by atoms with Crippen molar-refractivity contribution in [2.24, 2.45) is 0 Å². The van der Waals surface area contributed by atoms with Gasteiger partial charge >= 0.3 is 0 Å². The van der Waals surface area contributed by atoms with E-state index in [0.29, 0.717) is 34.7 Å². The number of nitrogens with one attached hydrogen (secondary N) is 1. The van der Waals surface area contributed by atoms with Crippen LogP contribution in [0.3, 0.4) is 0 Å². The van der Waals surface area contributed by atoms with Gasteiger partial charge in [0.1, 0.15) is 12.3 Å². The Balaban J connectivity index is 1.32. The maximum Gasteiger partial charge on any atom is 0.262 e. The number of benzene rings is 2. The average Bonchev–Trinajstić information content (AvgIpc) is 3.04. The lowest BCUT2D eigenvalue weighted by molar-refractivity contribution is -0.116. The van der Waals surface area contributed by atoms with Gasteiger partial charge in [-0.3, -0.25) is 24.1 Å². The number of anilines is 1. The van der Waals surface area contributed by atoms with E-state index >= 15 is 0 Å². The van der Waals surface area contributed by atoms with Crippen LogP contribution in [0.1, 0.15) is 56.8 Å². The largest absolute Gasteiger partial charge is 0.493 e. The summed E-state index contributed by atoms with van der Waals surface area (Å²) >= 11 is 0. The average molecular weight is 433 g/mol. The molecular formula is C24H23N3O5. The Morgan fingerprint density at radius 3 is 2.44 bits per heavy atom. The number of imide groups is 1. The molecule has 4 amide bonds. The molecule has 2 aromatic rings. The fourth-order valence-corrected chi connectivity index (χ4v) is 4.66. The lowest BCUT2D eigenvalue weighted by Gasteiger charge is -2.37. The molecule has 3 heterocycles. The summed E-state index contributed by atoms with van der Waals surface area (Å²) in [5.74, 6) is -1.09. The third kappa shape index (κ3) is 3.51. The number of hydrogen-bond donors (Lipinski definition) is 1. The standard InChI is InChI=1S/C24H23N3O5/c28-21(14-27-22(29)17-6-1-2-7-18(17)23(27)30)25-15-8-9-20-19(13-15)24(31)26-11-4-3-5-16(26)10-12-32-20/h1-2,6-9,13,16H,3-5,10-12,14H2,(H,25,28). The Hall–Kier alpha value is -3.68. The minimum absolute atomic E-state index is 0.0964. The second-order valence-corrected chi connectivity index (χ2v) is 8.29. The molecule has 0 saturated carbocycles. The van der Waals surface area contributed by atoms with Crippen molar-refractivity contribution in [3.63, 3.8) is 0 Å². The smallest absolute Gasteiger partial charge is 0.262 e. The zero-order valence-electron chi connectivity index (χ0n) is 17.5. The molecule has 3 aliphatic rings. The van der Waals surface area contributed by atoms with E-state index < -0.39 is 24.3 Å². The second kappa shape index (κ2) is 8.11. The van der Waals surface area contributed by atoms with Crippen LogP contribution in [0.25, 0.3) is 0 Å². The zero-order valence-corrected chi connectivity index (χ0v) is 17.5. The molecule has 2 aromatic carbocycles. The number of rotatable bonds is 3. The molecule has 164 valence electrons. The van der Waals surface area contributed by atoms with Crippen LogP contribution in [0.5, 0.6) is 5.75 Å². The van der Waals surface area contributed by atoms with Crippen LogP contribution in [-0.4, -0.2) is 59.2 Å². The van der Waals surface area contributed by atoms with Crippen molar-refractivity contribution in [1.82, 2.24) is 9.80 Å². The Kier molecular flexibility index (Phi) is 5.13. The molecule has 0 aromatic heterocycles. The van der Waals surface area contributed by atoms with E-state index in [1.54, 1.807) is 42.5 Å². The molecule has 1 atom stereocenters. The van der Waals surface area contributed by atoms with E-state index in [1.807, 2.05) is 4.90 Å². The highest BCUT2D eigenvalue weighted by Gasteiger charge is 2.36. The number of piperidine rings is 1. The first-order valence-electron chi connectivity index (χ1n) is 10.9. The van der Waals surface area contributed by atoms with Gasteiger partial charge in [-0.25, -0.2) is 0 Å².